The van der Waals surface area contributed by atoms with E-state index < -0.39 is 5.92 Å². The number of anilines is 2. The molecule has 0 unspecified atom stereocenters. The van der Waals surface area contributed by atoms with Gasteiger partial charge in [0.25, 0.3) is 0 Å². The number of ether oxygens (including phenoxy) is 1. The molecule has 0 aromatic heterocycles. The molecular weight excluding hydrogens is 380 g/mol. The number of carbonyl (C=O) groups is 3. The SMILES string of the molecule is CCCCOC(=O)c1ccc(NC(=O)[C@H]2CC(=O)N(c3cccc(C)c3C)C2)cc1. The highest BCUT2D eigenvalue weighted by atomic mass is 16.5. The van der Waals surface area contributed by atoms with Crippen LogP contribution in [0.1, 0.15) is 47.7 Å². The van der Waals surface area contributed by atoms with Gasteiger partial charge in [0.05, 0.1) is 18.1 Å². The second kappa shape index (κ2) is 9.57. The van der Waals surface area contributed by atoms with Crippen molar-refractivity contribution >= 4 is 29.2 Å². The smallest absolute Gasteiger partial charge is 0.338 e. The van der Waals surface area contributed by atoms with Crippen molar-refractivity contribution in [3.05, 3.63) is 59.2 Å². The Morgan fingerprint density at radius 2 is 1.87 bits per heavy atom. The minimum absolute atomic E-state index is 0.0472. The van der Waals surface area contributed by atoms with E-state index in [0.717, 1.165) is 29.7 Å². The Morgan fingerprint density at radius 3 is 2.57 bits per heavy atom. The first kappa shape index (κ1) is 21.6. The molecule has 1 fully saturated rings. The van der Waals surface area contributed by atoms with Gasteiger partial charge in [-0.15, -0.1) is 0 Å². The first-order valence-electron chi connectivity index (χ1n) is 10.3. The third-order valence-corrected chi connectivity index (χ3v) is 5.48. The fraction of sp³-hybridized carbons (Fsp3) is 0.375. The molecular formula is C24H28N2O4. The second-order valence-electron chi connectivity index (χ2n) is 7.68. The molecule has 1 saturated heterocycles. The maximum Gasteiger partial charge on any atom is 0.338 e. The molecule has 0 bridgehead atoms. The third-order valence-electron chi connectivity index (χ3n) is 5.48. The van der Waals surface area contributed by atoms with Gasteiger partial charge in [-0.05, 0) is 61.7 Å². The number of carbonyl (C=O) groups excluding carboxylic acids is 3. The summed E-state index contributed by atoms with van der Waals surface area (Å²) in [5.41, 5.74) is 4.06. The molecule has 1 aliphatic heterocycles. The van der Waals surface area contributed by atoms with Gasteiger partial charge in [0.15, 0.2) is 0 Å². The quantitative estimate of drug-likeness (QED) is 0.549. The van der Waals surface area contributed by atoms with Gasteiger partial charge in [-0.3, -0.25) is 9.59 Å². The van der Waals surface area contributed by atoms with Crippen molar-refractivity contribution in [1.82, 2.24) is 0 Å². The Hall–Kier alpha value is -3.15. The van der Waals surface area contributed by atoms with Gasteiger partial charge in [-0.2, -0.15) is 0 Å². The molecule has 0 saturated carbocycles. The van der Waals surface area contributed by atoms with Crippen LogP contribution in [-0.4, -0.2) is 30.9 Å². The van der Waals surface area contributed by atoms with E-state index in [4.69, 9.17) is 4.74 Å². The zero-order chi connectivity index (χ0) is 21.7. The summed E-state index contributed by atoms with van der Waals surface area (Å²) in [5, 5.41) is 2.85. The van der Waals surface area contributed by atoms with Gasteiger partial charge in [-0.25, -0.2) is 4.79 Å². The van der Waals surface area contributed by atoms with Crippen LogP contribution in [0, 0.1) is 19.8 Å². The summed E-state index contributed by atoms with van der Waals surface area (Å²) in [6, 6.07) is 12.5. The number of unbranched alkanes of at least 4 members (excludes halogenated alkanes) is 1. The standard InChI is InChI=1S/C24H28N2O4/c1-4-5-13-30-24(29)18-9-11-20(12-10-18)25-23(28)19-14-22(27)26(15-19)21-8-6-7-16(2)17(21)3/h6-12,19H,4-5,13-15H2,1-3H3,(H,25,28)/t19-/m0/s1. The van der Waals surface area contributed by atoms with E-state index in [1.807, 2.05) is 39.0 Å². The van der Waals surface area contributed by atoms with Gasteiger partial charge < -0.3 is 15.0 Å². The van der Waals surface area contributed by atoms with Crippen molar-refractivity contribution in [3.63, 3.8) is 0 Å². The zero-order valence-corrected chi connectivity index (χ0v) is 17.7. The normalized spacial score (nSPS) is 15.9. The Morgan fingerprint density at radius 1 is 1.13 bits per heavy atom. The molecule has 2 aromatic carbocycles. The van der Waals surface area contributed by atoms with Crippen LogP contribution in [0.3, 0.4) is 0 Å². The number of esters is 1. The van der Waals surface area contributed by atoms with Gasteiger partial charge in [0.2, 0.25) is 11.8 Å². The fourth-order valence-electron chi connectivity index (χ4n) is 3.47. The first-order valence-corrected chi connectivity index (χ1v) is 10.3. The Kier molecular flexibility index (Phi) is 6.87. The molecule has 2 aromatic rings. The Balaban J connectivity index is 1.60. The summed E-state index contributed by atoms with van der Waals surface area (Å²) in [5.74, 6) is -1.04. The molecule has 0 aliphatic carbocycles. The minimum Gasteiger partial charge on any atom is -0.462 e. The molecule has 6 heteroatoms. The zero-order valence-electron chi connectivity index (χ0n) is 17.7. The van der Waals surface area contributed by atoms with E-state index in [9.17, 15) is 14.4 Å². The van der Waals surface area contributed by atoms with Crippen molar-refractivity contribution in [2.24, 2.45) is 5.92 Å². The van der Waals surface area contributed by atoms with E-state index in [2.05, 4.69) is 5.32 Å². The topological polar surface area (TPSA) is 75.7 Å². The minimum atomic E-state index is -0.420. The van der Waals surface area contributed by atoms with Crippen molar-refractivity contribution in [1.29, 1.82) is 0 Å². The third kappa shape index (κ3) is 4.87. The number of nitrogens with one attached hydrogen (secondary N) is 1. The highest BCUT2D eigenvalue weighted by Crippen LogP contribution is 2.30. The average molecular weight is 408 g/mol. The number of amides is 2. The lowest BCUT2D eigenvalue weighted by Gasteiger charge is -2.20. The van der Waals surface area contributed by atoms with Crippen molar-refractivity contribution in [3.8, 4) is 0 Å². The fourth-order valence-corrected chi connectivity index (χ4v) is 3.47. The van der Waals surface area contributed by atoms with Gasteiger partial charge in [0, 0.05) is 24.3 Å². The lowest BCUT2D eigenvalue weighted by Crippen LogP contribution is -2.28. The molecule has 3 rings (SSSR count). The molecule has 1 aliphatic rings. The van der Waals surface area contributed by atoms with Gasteiger partial charge in [0.1, 0.15) is 0 Å². The highest BCUT2D eigenvalue weighted by molar-refractivity contribution is 6.04. The molecule has 1 N–H and O–H groups in total. The molecule has 1 atom stereocenters. The molecule has 1 heterocycles. The molecule has 158 valence electrons. The summed E-state index contributed by atoms with van der Waals surface area (Å²) in [6.07, 6.45) is 1.98. The van der Waals surface area contributed by atoms with Gasteiger partial charge >= 0.3 is 5.97 Å². The molecule has 0 spiro atoms. The average Bonchev–Trinajstić information content (AvgIpc) is 3.12. The lowest BCUT2D eigenvalue weighted by molar-refractivity contribution is -0.122. The monoisotopic (exact) mass is 408 g/mol. The maximum absolute atomic E-state index is 12.7. The van der Waals surface area contributed by atoms with E-state index >= 15 is 0 Å². The lowest BCUT2D eigenvalue weighted by atomic mass is 10.1. The predicted octanol–water partition coefficient (Wildman–Crippen LogP) is 4.25. The number of hydrogen-bond acceptors (Lipinski definition) is 4. The van der Waals surface area contributed by atoms with Crippen LogP contribution < -0.4 is 10.2 Å². The van der Waals surface area contributed by atoms with Crippen LogP contribution >= 0.6 is 0 Å². The summed E-state index contributed by atoms with van der Waals surface area (Å²) in [7, 11) is 0. The molecule has 0 radical (unpaired) electrons. The highest BCUT2D eigenvalue weighted by Gasteiger charge is 2.35. The summed E-state index contributed by atoms with van der Waals surface area (Å²) < 4.78 is 5.19. The molecule has 6 nitrogen and oxygen atoms in total. The van der Waals surface area contributed by atoms with Crippen molar-refractivity contribution < 1.29 is 19.1 Å². The van der Waals surface area contributed by atoms with E-state index in [1.165, 1.54) is 0 Å². The van der Waals surface area contributed by atoms with Crippen LogP contribution in [0.4, 0.5) is 11.4 Å². The molecule has 30 heavy (non-hydrogen) atoms. The van der Waals surface area contributed by atoms with Crippen molar-refractivity contribution in [2.75, 3.05) is 23.4 Å². The summed E-state index contributed by atoms with van der Waals surface area (Å²) in [4.78, 5) is 38.9. The van der Waals surface area contributed by atoms with Crippen LogP contribution in [0.2, 0.25) is 0 Å². The van der Waals surface area contributed by atoms with Crippen LogP contribution in [-0.2, 0) is 14.3 Å². The van der Waals surface area contributed by atoms with Crippen LogP contribution in [0.25, 0.3) is 0 Å². The number of hydrogen-bond donors (Lipinski definition) is 1. The van der Waals surface area contributed by atoms with Crippen LogP contribution in [0.15, 0.2) is 42.5 Å². The van der Waals surface area contributed by atoms with Crippen LogP contribution in [0.5, 0.6) is 0 Å². The summed E-state index contributed by atoms with van der Waals surface area (Å²) >= 11 is 0. The number of nitrogens with zero attached hydrogens (tertiary/aromatic N) is 1. The number of aryl methyl sites for hydroxylation is 1. The van der Waals surface area contributed by atoms with E-state index in [-0.39, 0.29) is 24.2 Å². The summed E-state index contributed by atoms with van der Waals surface area (Å²) in [6.45, 7) is 6.79. The second-order valence-corrected chi connectivity index (χ2v) is 7.68. The number of rotatable bonds is 7. The number of benzene rings is 2. The Labute approximate surface area is 177 Å². The largest absolute Gasteiger partial charge is 0.462 e. The van der Waals surface area contributed by atoms with Gasteiger partial charge in [-0.1, -0.05) is 25.5 Å². The maximum atomic E-state index is 12.7. The predicted molar refractivity (Wildman–Crippen MR) is 117 cm³/mol. The Bertz CT molecular complexity index is 937. The first-order chi connectivity index (χ1) is 14.4. The molecule has 2 amide bonds. The van der Waals surface area contributed by atoms with E-state index in [1.54, 1.807) is 29.2 Å². The van der Waals surface area contributed by atoms with E-state index in [0.29, 0.717) is 24.4 Å². The van der Waals surface area contributed by atoms with Crippen molar-refractivity contribution in [2.45, 2.75) is 40.0 Å².